The van der Waals surface area contributed by atoms with Crippen LogP contribution in [0.1, 0.15) is 50.9 Å². The van der Waals surface area contributed by atoms with Gasteiger partial charge in [0, 0.05) is 12.1 Å². The van der Waals surface area contributed by atoms with Gasteiger partial charge in [0.15, 0.2) is 0 Å². The van der Waals surface area contributed by atoms with Gasteiger partial charge in [-0.15, -0.1) is 0 Å². The number of nitrogens with one attached hydrogen (secondary N) is 2. The van der Waals surface area contributed by atoms with Crippen molar-refractivity contribution in [2.24, 2.45) is 11.8 Å². The molecule has 28 heavy (non-hydrogen) atoms. The van der Waals surface area contributed by atoms with Gasteiger partial charge in [-0.25, -0.2) is 0 Å². The van der Waals surface area contributed by atoms with Crippen LogP contribution in [-0.4, -0.2) is 35.5 Å². The topological polar surface area (TPSA) is 64.5 Å². The summed E-state index contributed by atoms with van der Waals surface area (Å²) in [5, 5.41) is 27.3. The molecule has 0 fully saturated rings. The molecule has 2 aromatic carbocycles. The average molecular weight is 385 g/mol. The summed E-state index contributed by atoms with van der Waals surface area (Å²) in [6.45, 7) is 8.63. The van der Waals surface area contributed by atoms with Gasteiger partial charge < -0.3 is 20.8 Å². The van der Waals surface area contributed by atoms with Crippen LogP contribution < -0.4 is 10.6 Å². The smallest absolute Gasteiger partial charge is 0.0587 e. The van der Waals surface area contributed by atoms with Crippen LogP contribution >= 0.6 is 0 Å². The highest BCUT2D eigenvalue weighted by molar-refractivity contribution is 5.28. The molecule has 4 nitrogen and oxygen atoms in total. The van der Waals surface area contributed by atoms with Gasteiger partial charge in [0.1, 0.15) is 0 Å². The van der Waals surface area contributed by atoms with Crippen molar-refractivity contribution in [3.8, 4) is 0 Å². The summed E-state index contributed by atoms with van der Waals surface area (Å²) in [5.74, 6) is 0.595. The Kier molecular flexibility index (Phi) is 9.13. The SMILES string of the molecule is CC(C)C(CO)NC(c1ccccc1)C(NC(CO)C(C)C)c1ccccc1. The summed E-state index contributed by atoms with van der Waals surface area (Å²) < 4.78 is 0. The summed E-state index contributed by atoms with van der Waals surface area (Å²) in [6, 6.07) is 20.5. The Morgan fingerprint density at radius 2 is 0.929 bits per heavy atom. The average Bonchev–Trinajstić information content (AvgIpc) is 2.71. The molecule has 0 amide bonds. The van der Waals surface area contributed by atoms with Crippen LogP contribution in [-0.2, 0) is 0 Å². The van der Waals surface area contributed by atoms with Gasteiger partial charge in [-0.2, -0.15) is 0 Å². The van der Waals surface area contributed by atoms with E-state index in [1.165, 1.54) is 0 Å². The second-order valence-electron chi connectivity index (χ2n) is 8.18. The van der Waals surface area contributed by atoms with Gasteiger partial charge in [-0.1, -0.05) is 88.4 Å². The third-order valence-electron chi connectivity index (χ3n) is 5.44. The Labute approximate surface area is 170 Å². The number of hydrogen-bond donors (Lipinski definition) is 4. The first-order chi connectivity index (χ1) is 13.5. The lowest BCUT2D eigenvalue weighted by Crippen LogP contribution is -2.48. The molecule has 0 saturated heterocycles. The van der Waals surface area contributed by atoms with Gasteiger partial charge in [0.2, 0.25) is 0 Å². The zero-order chi connectivity index (χ0) is 20.5. The molecule has 0 heterocycles. The molecule has 0 aliphatic carbocycles. The van der Waals surface area contributed by atoms with Crippen LogP contribution in [0.25, 0.3) is 0 Å². The van der Waals surface area contributed by atoms with Crippen molar-refractivity contribution < 1.29 is 10.2 Å². The van der Waals surface area contributed by atoms with E-state index in [-0.39, 0.29) is 37.4 Å². The predicted molar refractivity (Wildman–Crippen MR) is 116 cm³/mol. The summed E-state index contributed by atoms with van der Waals surface area (Å²) in [5.41, 5.74) is 2.31. The fourth-order valence-corrected chi connectivity index (χ4v) is 3.46. The Morgan fingerprint density at radius 3 is 1.18 bits per heavy atom. The number of benzene rings is 2. The van der Waals surface area contributed by atoms with E-state index in [2.05, 4.69) is 62.6 Å². The molecule has 0 radical (unpaired) electrons. The van der Waals surface area contributed by atoms with E-state index in [4.69, 9.17) is 0 Å². The summed E-state index contributed by atoms with van der Waals surface area (Å²) in [6.07, 6.45) is 0. The number of aliphatic hydroxyl groups is 2. The lowest BCUT2D eigenvalue weighted by molar-refractivity contribution is 0.165. The highest BCUT2D eigenvalue weighted by Crippen LogP contribution is 2.31. The lowest BCUT2D eigenvalue weighted by atomic mass is 9.89. The van der Waals surface area contributed by atoms with Crippen molar-refractivity contribution in [3.63, 3.8) is 0 Å². The first-order valence-electron chi connectivity index (χ1n) is 10.3. The molecule has 2 rings (SSSR count). The summed E-state index contributed by atoms with van der Waals surface area (Å²) in [7, 11) is 0. The van der Waals surface area contributed by atoms with Crippen LogP contribution in [0.2, 0.25) is 0 Å². The maximum Gasteiger partial charge on any atom is 0.0587 e. The van der Waals surface area contributed by atoms with Gasteiger partial charge in [0.25, 0.3) is 0 Å². The molecular weight excluding hydrogens is 348 g/mol. The van der Waals surface area contributed by atoms with Crippen molar-refractivity contribution >= 4 is 0 Å². The quantitative estimate of drug-likeness (QED) is 0.477. The Morgan fingerprint density at radius 1 is 0.607 bits per heavy atom. The first kappa shape index (κ1) is 22.6. The molecule has 4 N–H and O–H groups in total. The first-order valence-corrected chi connectivity index (χ1v) is 10.3. The standard InChI is InChI=1S/C24H36N2O2/c1-17(2)21(15-27)25-23(19-11-7-5-8-12-19)24(20-13-9-6-10-14-20)26-22(16-28)18(3)4/h5-14,17-18,21-28H,15-16H2,1-4H3. The molecule has 0 saturated carbocycles. The lowest BCUT2D eigenvalue weighted by Gasteiger charge is -2.37. The maximum atomic E-state index is 9.94. The highest BCUT2D eigenvalue weighted by Gasteiger charge is 2.30. The zero-order valence-corrected chi connectivity index (χ0v) is 17.5. The predicted octanol–water partition coefficient (Wildman–Crippen LogP) is 3.68. The second kappa shape index (κ2) is 11.3. The van der Waals surface area contributed by atoms with E-state index in [9.17, 15) is 10.2 Å². The van der Waals surface area contributed by atoms with Gasteiger partial charge >= 0.3 is 0 Å². The monoisotopic (exact) mass is 384 g/mol. The van der Waals surface area contributed by atoms with E-state index in [0.717, 1.165) is 11.1 Å². The fraction of sp³-hybridized carbons (Fsp3) is 0.500. The van der Waals surface area contributed by atoms with Crippen molar-refractivity contribution in [3.05, 3.63) is 71.8 Å². The molecule has 0 aromatic heterocycles. The van der Waals surface area contributed by atoms with Gasteiger partial charge in [0.05, 0.1) is 25.3 Å². The van der Waals surface area contributed by atoms with Crippen molar-refractivity contribution in [1.29, 1.82) is 0 Å². The third-order valence-corrected chi connectivity index (χ3v) is 5.44. The Bertz CT molecular complexity index is 601. The molecule has 0 bridgehead atoms. The highest BCUT2D eigenvalue weighted by atomic mass is 16.3. The minimum Gasteiger partial charge on any atom is -0.395 e. The number of hydrogen-bond acceptors (Lipinski definition) is 4. The van der Waals surface area contributed by atoms with E-state index >= 15 is 0 Å². The summed E-state index contributed by atoms with van der Waals surface area (Å²) >= 11 is 0. The largest absolute Gasteiger partial charge is 0.395 e. The fourth-order valence-electron chi connectivity index (χ4n) is 3.46. The van der Waals surface area contributed by atoms with E-state index in [0.29, 0.717) is 11.8 Å². The van der Waals surface area contributed by atoms with Gasteiger partial charge in [-0.05, 0) is 23.0 Å². The molecule has 4 atom stereocenters. The third kappa shape index (κ3) is 6.14. The van der Waals surface area contributed by atoms with E-state index < -0.39 is 0 Å². The maximum absolute atomic E-state index is 9.94. The normalized spacial score (nSPS) is 16.1. The molecule has 0 aliphatic rings. The molecule has 0 aliphatic heterocycles. The molecular formula is C24H36N2O2. The van der Waals surface area contributed by atoms with E-state index in [1.54, 1.807) is 0 Å². The van der Waals surface area contributed by atoms with Crippen LogP contribution in [0.5, 0.6) is 0 Å². The van der Waals surface area contributed by atoms with E-state index in [1.807, 2.05) is 36.4 Å². The van der Waals surface area contributed by atoms with Gasteiger partial charge in [-0.3, -0.25) is 0 Å². The Hall–Kier alpha value is -1.72. The number of aliphatic hydroxyl groups excluding tert-OH is 2. The minimum absolute atomic E-state index is 0.0233. The molecule has 0 spiro atoms. The van der Waals surface area contributed by atoms with Crippen LogP contribution in [0.3, 0.4) is 0 Å². The van der Waals surface area contributed by atoms with Crippen LogP contribution in [0, 0.1) is 11.8 Å². The minimum atomic E-state index is -0.0454. The van der Waals surface area contributed by atoms with Crippen molar-refractivity contribution in [2.75, 3.05) is 13.2 Å². The molecule has 4 heteroatoms. The summed E-state index contributed by atoms with van der Waals surface area (Å²) in [4.78, 5) is 0. The number of rotatable bonds is 11. The zero-order valence-electron chi connectivity index (χ0n) is 17.5. The Balaban J connectivity index is 2.47. The van der Waals surface area contributed by atoms with Crippen LogP contribution in [0.15, 0.2) is 60.7 Å². The molecule has 154 valence electrons. The molecule has 2 aromatic rings. The second-order valence-corrected chi connectivity index (χ2v) is 8.18. The van der Waals surface area contributed by atoms with Crippen molar-refractivity contribution in [2.45, 2.75) is 51.9 Å². The van der Waals surface area contributed by atoms with Crippen molar-refractivity contribution in [1.82, 2.24) is 10.6 Å². The van der Waals surface area contributed by atoms with Crippen LogP contribution in [0.4, 0.5) is 0 Å². The molecule has 4 unspecified atom stereocenters.